The first-order valence-electron chi connectivity index (χ1n) is 8.46. The molecule has 0 bridgehead atoms. The number of carbonyl (C=O) groups is 1. The van der Waals surface area contributed by atoms with Crippen molar-refractivity contribution in [2.24, 2.45) is 0 Å². The van der Waals surface area contributed by atoms with Gasteiger partial charge in [0.05, 0.1) is 6.04 Å². The Kier molecular flexibility index (Phi) is 7.30. The van der Waals surface area contributed by atoms with E-state index in [2.05, 4.69) is 24.4 Å². The Hall–Kier alpha value is -1.55. The zero-order valence-corrected chi connectivity index (χ0v) is 15.9. The van der Waals surface area contributed by atoms with Crippen LogP contribution in [-0.4, -0.2) is 30.4 Å². The molecule has 1 atom stereocenters. The Morgan fingerprint density at radius 3 is 2.68 bits per heavy atom. The molecule has 1 fully saturated rings. The minimum absolute atomic E-state index is 0. The van der Waals surface area contributed by atoms with Crippen LogP contribution in [0, 0.1) is 6.92 Å². The van der Waals surface area contributed by atoms with Crippen molar-refractivity contribution < 1.29 is 4.79 Å². The molecule has 0 aliphatic carbocycles. The van der Waals surface area contributed by atoms with Gasteiger partial charge in [-0.3, -0.25) is 4.79 Å². The number of halogens is 2. The van der Waals surface area contributed by atoms with Crippen LogP contribution in [0.3, 0.4) is 0 Å². The number of aryl methyl sites for hydroxylation is 2. The number of benzene rings is 2. The molecule has 134 valence electrons. The highest BCUT2D eigenvalue weighted by Crippen LogP contribution is 2.29. The lowest BCUT2D eigenvalue weighted by molar-refractivity contribution is -0.134. The molecule has 1 N–H and O–H groups in total. The highest BCUT2D eigenvalue weighted by atomic mass is 35.5. The van der Waals surface area contributed by atoms with E-state index in [1.807, 2.05) is 41.3 Å². The van der Waals surface area contributed by atoms with Crippen molar-refractivity contribution >= 4 is 29.9 Å². The van der Waals surface area contributed by atoms with Crippen LogP contribution in [0.15, 0.2) is 48.5 Å². The molecule has 0 aromatic heterocycles. The van der Waals surface area contributed by atoms with Gasteiger partial charge in [-0.15, -0.1) is 12.4 Å². The second kappa shape index (κ2) is 9.23. The van der Waals surface area contributed by atoms with Crippen molar-refractivity contribution in [2.45, 2.75) is 25.8 Å². The third-order valence-electron chi connectivity index (χ3n) is 4.70. The summed E-state index contributed by atoms with van der Waals surface area (Å²) >= 11 is 6.36. The lowest BCUT2D eigenvalue weighted by Crippen LogP contribution is -2.48. The molecule has 3 rings (SSSR count). The first-order valence-corrected chi connectivity index (χ1v) is 8.83. The molecule has 2 aromatic carbocycles. The van der Waals surface area contributed by atoms with Crippen LogP contribution in [0.2, 0.25) is 5.02 Å². The zero-order valence-electron chi connectivity index (χ0n) is 14.4. The lowest BCUT2D eigenvalue weighted by atomic mass is 10.0. The number of piperazine rings is 1. The van der Waals surface area contributed by atoms with Crippen LogP contribution in [0.5, 0.6) is 0 Å². The summed E-state index contributed by atoms with van der Waals surface area (Å²) in [7, 11) is 0. The van der Waals surface area contributed by atoms with Crippen molar-refractivity contribution in [1.29, 1.82) is 0 Å². The van der Waals surface area contributed by atoms with E-state index in [0.29, 0.717) is 6.42 Å². The van der Waals surface area contributed by atoms with Gasteiger partial charge in [-0.25, -0.2) is 0 Å². The summed E-state index contributed by atoms with van der Waals surface area (Å²) in [6.45, 7) is 4.40. The third kappa shape index (κ3) is 4.75. The fourth-order valence-electron chi connectivity index (χ4n) is 3.30. The Balaban J connectivity index is 0.00000225. The summed E-state index contributed by atoms with van der Waals surface area (Å²) in [5, 5.41) is 4.10. The number of nitrogens with one attached hydrogen (secondary N) is 1. The Labute approximate surface area is 160 Å². The molecule has 0 spiro atoms. The van der Waals surface area contributed by atoms with E-state index in [1.165, 1.54) is 11.1 Å². The number of nitrogens with zero attached hydrogens (tertiary/aromatic N) is 1. The summed E-state index contributed by atoms with van der Waals surface area (Å²) in [5.74, 6) is 0.199. The van der Waals surface area contributed by atoms with Gasteiger partial charge < -0.3 is 10.2 Å². The fraction of sp³-hybridized carbons (Fsp3) is 0.350. The van der Waals surface area contributed by atoms with Gasteiger partial charge >= 0.3 is 0 Å². The molecule has 25 heavy (non-hydrogen) atoms. The van der Waals surface area contributed by atoms with Gasteiger partial charge in [-0.1, -0.05) is 54.1 Å². The molecule has 3 nitrogen and oxygen atoms in total. The number of hydrogen-bond donors (Lipinski definition) is 1. The minimum Gasteiger partial charge on any atom is -0.333 e. The van der Waals surface area contributed by atoms with Gasteiger partial charge in [-0.2, -0.15) is 0 Å². The SMILES string of the molecule is Cc1ccccc1CCC(=O)N1CCNCC1c1ccccc1Cl.Cl. The van der Waals surface area contributed by atoms with Gasteiger partial charge in [0.25, 0.3) is 0 Å². The summed E-state index contributed by atoms with van der Waals surface area (Å²) in [6.07, 6.45) is 1.32. The topological polar surface area (TPSA) is 32.3 Å². The molecule has 1 amide bonds. The smallest absolute Gasteiger partial charge is 0.223 e. The normalized spacial score (nSPS) is 17.0. The summed E-state index contributed by atoms with van der Waals surface area (Å²) in [6, 6.07) is 16.1. The van der Waals surface area contributed by atoms with Gasteiger partial charge in [-0.05, 0) is 36.1 Å². The predicted molar refractivity (Wildman–Crippen MR) is 106 cm³/mol. The van der Waals surface area contributed by atoms with E-state index in [-0.39, 0.29) is 24.4 Å². The van der Waals surface area contributed by atoms with Gasteiger partial charge in [0.1, 0.15) is 0 Å². The fourth-order valence-corrected chi connectivity index (χ4v) is 3.56. The third-order valence-corrected chi connectivity index (χ3v) is 5.04. The molecule has 1 aliphatic rings. The second-order valence-corrected chi connectivity index (χ2v) is 6.66. The van der Waals surface area contributed by atoms with Gasteiger partial charge in [0.2, 0.25) is 5.91 Å². The molecular formula is C20H24Cl2N2O. The molecule has 2 aromatic rings. The largest absolute Gasteiger partial charge is 0.333 e. The van der Waals surface area contributed by atoms with E-state index in [9.17, 15) is 4.79 Å². The average molecular weight is 379 g/mol. The van der Waals surface area contributed by atoms with Crippen LogP contribution in [-0.2, 0) is 11.2 Å². The van der Waals surface area contributed by atoms with E-state index in [1.54, 1.807) is 0 Å². The molecule has 1 saturated heterocycles. The van der Waals surface area contributed by atoms with E-state index in [4.69, 9.17) is 11.6 Å². The molecule has 5 heteroatoms. The average Bonchev–Trinajstić information content (AvgIpc) is 2.61. The van der Waals surface area contributed by atoms with Crippen LogP contribution < -0.4 is 5.32 Å². The van der Waals surface area contributed by atoms with Crippen molar-refractivity contribution in [3.63, 3.8) is 0 Å². The van der Waals surface area contributed by atoms with E-state index in [0.717, 1.165) is 36.6 Å². The van der Waals surface area contributed by atoms with E-state index < -0.39 is 0 Å². The number of rotatable bonds is 4. The van der Waals surface area contributed by atoms with Crippen molar-refractivity contribution in [3.05, 3.63) is 70.2 Å². The predicted octanol–water partition coefficient (Wildman–Crippen LogP) is 4.18. The van der Waals surface area contributed by atoms with Gasteiger partial charge in [0.15, 0.2) is 0 Å². The lowest BCUT2D eigenvalue weighted by Gasteiger charge is -2.37. The van der Waals surface area contributed by atoms with Crippen LogP contribution >= 0.6 is 24.0 Å². The molecule has 0 saturated carbocycles. The van der Waals surface area contributed by atoms with Crippen molar-refractivity contribution in [1.82, 2.24) is 10.2 Å². The standard InChI is InChI=1S/C20H23ClN2O.ClH/c1-15-6-2-3-7-16(15)10-11-20(24)23-13-12-22-14-19(23)17-8-4-5-9-18(17)21;/h2-9,19,22H,10-14H2,1H3;1H. The Bertz CT molecular complexity index is 720. The molecular weight excluding hydrogens is 355 g/mol. The van der Waals surface area contributed by atoms with Crippen molar-refractivity contribution in [3.8, 4) is 0 Å². The first kappa shape index (κ1) is 19.8. The molecule has 1 unspecified atom stereocenters. The zero-order chi connectivity index (χ0) is 16.9. The highest BCUT2D eigenvalue weighted by molar-refractivity contribution is 6.31. The number of carbonyl (C=O) groups excluding carboxylic acids is 1. The molecule has 1 aliphatic heterocycles. The second-order valence-electron chi connectivity index (χ2n) is 6.26. The van der Waals surface area contributed by atoms with Gasteiger partial charge in [0, 0.05) is 31.1 Å². The van der Waals surface area contributed by atoms with Crippen LogP contribution in [0.4, 0.5) is 0 Å². The summed E-state index contributed by atoms with van der Waals surface area (Å²) in [5.41, 5.74) is 3.51. The monoisotopic (exact) mass is 378 g/mol. The van der Waals surface area contributed by atoms with Crippen LogP contribution in [0.25, 0.3) is 0 Å². The van der Waals surface area contributed by atoms with Crippen LogP contribution in [0.1, 0.15) is 29.2 Å². The molecule has 1 heterocycles. The number of amides is 1. The maximum absolute atomic E-state index is 12.8. The number of hydrogen-bond acceptors (Lipinski definition) is 2. The quantitative estimate of drug-likeness (QED) is 0.865. The maximum atomic E-state index is 12.8. The summed E-state index contributed by atoms with van der Waals surface area (Å²) in [4.78, 5) is 14.8. The molecule has 0 radical (unpaired) electrons. The maximum Gasteiger partial charge on any atom is 0.223 e. The highest BCUT2D eigenvalue weighted by Gasteiger charge is 2.28. The Morgan fingerprint density at radius 2 is 1.92 bits per heavy atom. The minimum atomic E-state index is 0. The van der Waals surface area contributed by atoms with E-state index >= 15 is 0 Å². The van der Waals surface area contributed by atoms with Crippen molar-refractivity contribution in [2.75, 3.05) is 19.6 Å². The Morgan fingerprint density at radius 1 is 1.20 bits per heavy atom. The summed E-state index contributed by atoms with van der Waals surface area (Å²) < 4.78 is 0. The first-order chi connectivity index (χ1) is 11.7.